The highest BCUT2D eigenvalue weighted by Crippen LogP contribution is 2.27. The van der Waals surface area contributed by atoms with E-state index in [1.165, 1.54) is 10.4 Å². The number of rotatable bonds is 5. The van der Waals surface area contributed by atoms with Gasteiger partial charge in [-0.1, -0.05) is 32.3 Å². The summed E-state index contributed by atoms with van der Waals surface area (Å²) in [7, 11) is -2.00. The minimum absolute atomic E-state index is 0.0253. The van der Waals surface area contributed by atoms with Crippen molar-refractivity contribution in [3.05, 3.63) is 29.8 Å². The van der Waals surface area contributed by atoms with E-state index in [1.54, 1.807) is 35.0 Å². The molecule has 1 aromatic rings. The number of hydrogen-bond donors (Lipinski definition) is 0. The summed E-state index contributed by atoms with van der Waals surface area (Å²) in [5.74, 6) is -0.0955. The molecule has 1 aliphatic heterocycles. The van der Waals surface area contributed by atoms with Gasteiger partial charge in [0.2, 0.25) is 15.9 Å². The van der Waals surface area contributed by atoms with Crippen molar-refractivity contribution in [2.75, 3.05) is 33.2 Å². The van der Waals surface area contributed by atoms with Gasteiger partial charge in [-0.3, -0.25) is 9.59 Å². The van der Waals surface area contributed by atoms with Crippen molar-refractivity contribution in [3.8, 4) is 0 Å². The summed E-state index contributed by atoms with van der Waals surface area (Å²) in [6.45, 7) is 3.78. The fourth-order valence-electron chi connectivity index (χ4n) is 4.16. The van der Waals surface area contributed by atoms with Crippen molar-refractivity contribution < 1.29 is 18.0 Å². The number of benzene rings is 1. The quantitative estimate of drug-likeness (QED) is 0.731. The summed E-state index contributed by atoms with van der Waals surface area (Å²) >= 11 is 0. The summed E-state index contributed by atoms with van der Waals surface area (Å²) in [6.07, 6.45) is 5.49. The van der Waals surface area contributed by atoms with Crippen LogP contribution in [0.15, 0.2) is 29.2 Å². The van der Waals surface area contributed by atoms with Crippen molar-refractivity contribution in [2.45, 2.75) is 56.4 Å². The van der Waals surface area contributed by atoms with E-state index < -0.39 is 10.0 Å². The molecule has 0 atom stereocenters. The summed E-state index contributed by atoms with van der Waals surface area (Å²) in [4.78, 5) is 28.3. The third-order valence-corrected chi connectivity index (χ3v) is 7.97. The lowest BCUT2D eigenvalue weighted by molar-refractivity contribution is -0.132. The van der Waals surface area contributed by atoms with Gasteiger partial charge >= 0.3 is 0 Å². The van der Waals surface area contributed by atoms with Crippen molar-refractivity contribution in [3.63, 3.8) is 0 Å². The number of nitrogens with zero attached hydrogens (tertiary/aromatic N) is 3. The summed E-state index contributed by atoms with van der Waals surface area (Å²) in [5, 5.41) is 0. The molecule has 1 aromatic carbocycles. The van der Waals surface area contributed by atoms with Gasteiger partial charge < -0.3 is 9.80 Å². The smallest absolute Gasteiger partial charge is 0.254 e. The largest absolute Gasteiger partial charge is 0.339 e. The molecule has 7 nitrogen and oxygen atoms in total. The molecule has 0 bridgehead atoms. The molecule has 29 heavy (non-hydrogen) atoms. The average Bonchev–Trinajstić information content (AvgIpc) is 2.78. The predicted molar refractivity (Wildman–Crippen MR) is 111 cm³/mol. The molecule has 0 radical (unpaired) electrons. The van der Waals surface area contributed by atoms with Crippen LogP contribution in [0, 0.1) is 0 Å². The van der Waals surface area contributed by atoms with Gasteiger partial charge in [0.1, 0.15) is 0 Å². The van der Waals surface area contributed by atoms with E-state index in [0.717, 1.165) is 32.1 Å². The third-order valence-electron chi connectivity index (χ3n) is 6.07. The van der Waals surface area contributed by atoms with Gasteiger partial charge in [0.05, 0.1) is 4.90 Å². The molecule has 8 heteroatoms. The Morgan fingerprint density at radius 3 is 2.28 bits per heavy atom. The Bertz CT molecular complexity index is 841. The highest BCUT2D eigenvalue weighted by atomic mass is 32.2. The Labute approximate surface area is 173 Å². The lowest BCUT2D eigenvalue weighted by Crippen LogP contribution is -2.50. The first kappa shape index (κ1) is 21.8. The molecule has 2 aliphatic rings. The van der Waals surface area contributed by atoms with E-state index in [9.17, 15) is 18.0 Å². The Hall–Kier alpha value is -1.93. The summed E-state index contributed by atoms with van der Waals surface area (Å²) in [6, 6.07) is 6.36. The van der Waals surface area contributed by atoms with Crippen LogP contribution < -0.4 is 0 Å². The van der Waals surface area contributed by atoms with Crippen LogP contribution in [0.3, 0.4) is 0 Å². The van der Waals surface area contributed by atoms with Gasteiger partial charge in [0, 0.05) is 51.3 Å². The molecular formula is C21H31N3O4S. The molecule has 0 unspecified atom stereocenters. The maximum atomic E-state index is 13.1. The molecule has 3 rings (SSSR count). The van der Waals surface area contributed by atoms with Crippen molar-refractivity contribution in [1.82, 2.24) is 14.1 Å². The zero-order chi connectivity index (χ0) is 21.0. The monoisotopic (exact) mass is 421 g/mol. The van der Waals surface area contributed by atoms with E-state index in [4.69, 9.17) is 0 Å². The maximum absolute atomic E-state index is 13.1. The maximum Gasteiger partial charge on any atom is 0.254 e. The van der Waals surface area contributed by atoms with Crippen LogP contribution >= 0.6 is 0 Å². The minimum atomic E-state index is -3.64. The Kier molecular flexibility index (Phi) is 6.95. The minimum Gasteiger partial charge on any atom is -0.339 e. The Morgan fingerprint density at radius 1 is 1.03 bits per heavy atom. The van der Waals surface area contributed by atoms with Crippen molar-refractivity contribution in [2.24, 2.45) is 0 Å². The number of piperazine rings is 1. The van der Waals surface area contributed by atoms with Crippen LogP contribution in [-0.2, 0) is 14.8 Å². The SMILES string of the molecule is CCC(=O)N1CCN(C(=O)c2cccc(S(=O)(=O)N(C)C3CCCCC3)c2)CC1. The van der Waals surface area contributed by atoms with Crippen LogP contribution in [0.5, 0.6) is 0 Å². The first-order valence-corrected chi connectivity index (χ1v) is 11.9. The fraction of sp³-hybridized carbons (Fsp3) is 0.619. The second-order valence-corrected chi connectivity index (χ2v) is 9.86. The molecule has 2 amide bonds. The summed E-state index contributed by atoms with van der Waals surface area (Å²) in [5.41, 5.74) is 0.374. The van der Waals surface area contributed by atoms with Crippen molar-refractivity contribution >= 4 is 21.8 Å². The van der Waals surface area contributed by atoms with Gasteiger partial charge in [-0.25, -0.2) is 8.42 Å². The molecule has 1 saturated heterocycles. The van der Waals surface area contributed by atoms with E-state index in [-0.39, 0.29) is 22.8 Å². The van der Waals surface area contributed by atoms with Gasteiger partial charge in [0.15, 0.2) is 0 Å². The molecule has 0 spiro atoms. The van der Waals surface area contributed by atoms with Crippen LogP contribution in [0.2, 0.25) is 0 Å². The number of sulfonamides is 1. The fourth-order valence-corrected chi connectivity index (χ4v) is 5.62. The lowest BCUT2D eigenvalue weighted by Gasteiger charge is -2.34. The third kappa shape index (κ3) is 4.80. The van der Waals surface area contributed by atoms with Crippen LogP contribution in [0.1, 0.15) is 55.8 Å². The van der Waals surface area contributed by atoms with Gasteiger partial charge in [-0.15, -0.1) is 0 Å². The van der Waals surface area contributed by atoms with E-state index in [1.807, 2.05) is 6.92 Å². The molecule has 1 saturated carbocycles. The van der Waals surface area contributed by atoms with Gasteiger partial charge in [-0.05, 0) is 31.0 Å². The Balaban J connectivity index is 1.72. The van der Waals surface area contributed by atoms with Crippen LogP contribution in [0.25, 0.3) is 0 Å². The topological polar surface area (TPSA) is 78.0 Å². The number of carbonyl (C=O) groups excluding carboxylic acids is 2. The number of carbonyl (C=O) groups is 2. The molecule has 0 aromatic heterocycles. The van der Waals surface area contributed by atoms with Gasteiger partial charge in [0.25, 0.3) is 5.91 Å². The molecule has 0 N–H and O–H groups in total. The first-order chi connectivity index (χ1) is 13.8. The standard InChI is InChI=1S/C21H31N3O4S/c1-3-20(25)23-12-14-24(15-13-23)21(26)17-8-7-11-19(16-17)29(27,28)22(2)18-9-5-4-6-10-18/h7-8,11,16,18H,3-6,9-10,12-15H2,1-2H3. The normalized spacial score (nSPS) is 18.9. The number of amides is 2. The van der Waals surface area contributed by atoms with Crippen LogP contribution in [0.4, 0.5) is 0 Å². The lowest BCUT2D eigenvalue weighted by atomic mass is 9.96. The Morgan fingerprint density at radius 2 is 1.66 bits per heavy atom. The average molecular weight is 422 g/mol. The van der Waals surface area contributed by atoms with E-state index in [0.29, 0.717) is 38.2 Å². The van der Waals surface area contributed by atoms with Gasteiger partial charge in [-0.2, -0.15) is 4.31 Å². The second kappa shape index (κ2) is 9.26. The predicted octanol–water partition coefficient (Wildman–Crippen LogP) is 2.33. The number of hydrogen-bond acceptors (Lipinski definition) is 4. The highest BCUT2D eigenvalue weighted by Gasteiger charge is 2.30. The molecule has 1 heterocycles. The zero-order valence-corrected chi connectivity index (χ0v) is 18.2. The second-order valence-electron chi connectivity index (χ2n) is 7.87. The first-order valence-electron chi connectivity index (χ1n) is 10.5. The van der Waals surface area contributed by atoms with E-state index >= 15 is 0 Å². The summed E-state index contributed by atoms with van der Waals surface area (Å²) < 4.78 is 27.7. The highest BCUT2D eigenvalue weighted by molar-refractivity contribution is 7.89. The van der Waals surface area contributed by atoms with Crippen LogP contribution in [-0.4, -0.2) is 73.6 Å². The van der Waals surface area contributed by atoms with Crippen molar-refractivity contribution in [1.29, 1.82) is 0 Å². The zero-order valence-electron chi connectivity index (χ0n) is 17.3. The molecule has 1 aliphatic carbocycles. The molecule has 2 fully saturated rings. The molecule has 160 valence electrons. The molecular weight excluding hydrogens is 390 g/mol. The van der Waals surface area contributed by atoms with E-state index in [2.05, 4.69) is 0 Å².